The minimum Gasteiger partial charge on any atom is -0.392 e. The van der Waals surface area contributed by atoms with Crippen LogP contribution in [0.25, 0.3) is 0 Å². The molecule has 2 bridgehead atoms. The van der Waals surface area contributed by atoms with Gasteiger partial charge in [-0.2, -0.15) is 0 Å². The maximum absolute atomic E-state index is 12.7. The van der Waals surface area contributed by atoms with Crippen LogP contribution >= 0.6 is 0 Å². The monoisotopic (exact) mass is 471 g/mol. The van der Waals surface area contributed by atoms with E-state index in [1.54, 1.807) is 42.9 Å². The maximum Gasteiger partial charge on any atom is 0.253 e. The van der Waals surface area contributed by atoms with Crippen LogP contribution in [0.2, 0.25) is 0 Å². The molecular weight excluding hydrogens is 442 g/mol. The maximum atomic E-state index is 12.7. The first-order valence-corrected chi connectivity index (χ1v) is 12.0. The van der Waals surface area contributed by atoms with Crippen molar-refractivity contribution in [3.8, 4) is 0 Å². The predicted octanol–water partition coefficient (Wildman–Crippen LogP) is 2.83. The summed E-state index contributed by atoms with van der Waals surface area (Å²) in [6, 6.07) is 15.3. The third-order valence-corrected chi connectivity index (χ3v) is 6.92. The zero-order chi connectivity index (χ0) is 24.2. The molecule has 0 spiro atoms. The summed E-state index contributed by atoms with van der Waals surface area (Å²) in [5, 5.41) is 15.3. The largest absolute Gasteiger partial charge is 0.392 e. The van der Waals surface area contributed by atoms with Gasteiger partial charge in [0.05, 0.1) is 12.2 Å². The molecule has 2 fully saturated rings. The Labute approximate surface area is 204 Å². The van der Waals surface area contributed by atoms with Crippen LogP contribution in [0.4, 0.5) is 5.82 Å². The Balaban J connectivity index is 1.18. The number of hydrogen-bond acceptors (Lipinski definition) is 6. The molecule has 0 saturated carbocycles. The highest BCUT2D eigenvalue weighted by Gasteiger charge is 2.41. The van der Waals surface area contributed by atoms with E-state index >= 15 is 0 Å². The molecule has 0 radical (unpaired) electrons. The van der Waals surface area contributed by atoms with Crippen LogP contribution in [0.15, 0.2) is 67.1 Å². The number of anilines is 1. The van der Waals surface area contributed by atoms with Crippen LogP contribution in [0.1, 0.15) is 57.5 Å². The summed E-state index contributed by atoms with van der Waals surface area (Å²) in [6.07, 6.45) is 8.94. The molecule has 8 heteroatoms. The zero-order valence-electron chi connectivity index (χ0n) is 19.4. The van der Waals surface area contributed by atoms with Crippen molar-refractivity contribution in [1.82, 2.24) is 20.6 Å². The first kappa shape index (κ1) is 23.0. The van der Waals surface area contributed by atoms with Crippen molar-refractivity contribution in [2.24, 2.45) is 0 Å². The Bertz CT molecular complexity index is 1150. The number of carbonyl (C=O) groups excluding carboxylic acids is 2. The molecular formula is C27H29N5O3. The lowest BCUT2D eigenvalue weighted by Gasteiger charge is -2.40. The number of aliphatic hydroxyl groups is 1. The van der Waals surface area contributed by atoms with Gasteiger partial charge in [-0.05, 0) is 67.1 Å². The molecule has 2 atom stereocenters. The Morgan fingerprint density at radius 3 is 2.29 bits per heavy atom. The number of aromatic nitrogens is 2. The van der Waals surface area contributed by atoms with E-state index in [1.807, 2.05) is 24.3 Å². The van der Waals surface area contributed by atoms with Crippen LogP contribution < -0.4 is 15.5 Å². The van der Waals surface area contributed by atoms with Gasteiger partial charge in [-0.25, -0.2) is 4.98 Å². The first-order valence-electron chi connectivity index (χ1n) is 12.0. The van der Waals surface area contributed by atoms with Crippen molar-refractivity contribution in [3.05, 3.63) is 89.4 Å². The number of pyridine rings is 2. The molecule has 3 N–H and O–H groups in total. The summed E-state index contributed by atoms with van der Waals surface area (Å²) in [4.78, 5) is 36.2. The van der Waals surface area contributed by atoms with Gasteiger partial charge in [0.15, 0.2) is 0 Å². The fourth-order valence-corrected chi connectivity index (χ4v) is 5.16. The summed E-state index contributed by atoms with van der Waals surface area (Å²) < 4.78 is 0. The number of aliphatic hydroxyl groups excluding tert-OH is 1. The minimum absolute atomic E-state index is 0.0329. The molecule has 35 heavy (non-hydrogen) atoms. The third-order valence-electron chi connectivity index (χ3n) is 6.92. The second kappa shape index (κ2) is 10.2. The molecule has 2 aromatic heterocycles. The van der Waals surface area contributed by atoms with Crippen LogP contribution in [-0.2, 0) is 13.2 Å². The van der Waals surface area contributed by atoms with E-state index in [0.717, 1.165) is 42.6 Å². The number of piperidine rings is 1. The average Bonchev–Trinajstić information content (AvgIpc) is 3.17. The molecule has 2 aliphatic rings. The smallest absolute Gasteiger partial charge is 0.253 e. The van der Waals surface area contributed by atoms with Crippen molar-refractivity contribution in [2.75, 3.05) is 4.90 Å². The molecule has 5 rings (SSSR count). The van der Waals surface area contributed by atoms with Gasteiger partial charge in [0.2, 0.25) is 0 Å². The normalized spacial score (nSPS) is 20.9. The zero-order valence-corrected chi connectivity index (χ0v) is 19.4. The van der Waals surface area contributed by atoms with Crippen molar-refractivity contribution < 1.29 is 14.7 Å². The molecule has 2 aliphatic heterocycles. The van der Waals surface area contributed by atoms with Gasteiger partial charge in [-0.3, -0.25) is 14.6 Å². The Morgan fingerprint density at radius 1 is 0.914 bits per heavy atom. The summed E-state index contributed by atoms with van der Waals surface area (Å²) in [7, 11) is 0. The topological polar surface area (TPSA) is 107 Å². The van der Waals surface area contributed by atoms with Gasteiger partial charge >= 0.3 is 0 Å². The van der Waals surface area contributed by atoms with Gasteiger partial charge in [-0.15, -0.1) is 0 Å². The number of rotatable bonds is 7. The number of amides is 2. The molecule has 0 aliphatic carbocycles. The molecule has 2 unspecified atom stereocenters. The van der Waals surface area contributed by atoms with Crippen LogP contribution in [-0.4, -0.2) is 45.0 Å². The van der Waals surface area contributed by atoms with Crippen LogP contribution in [0, 0.1) is 0 Å². The van der Waals surface area contributed by atoms with Crippen molar-refractivity contribution in [2.45, 2.75) is 57.0 Å². The number of carbonyl (C=O) groups is 2. The molecule has 8 nitrogen and oxygen atoms in total. The van der Waals surface area contributed by atoms with Crippen molar-refractivity contribution in [1.29, 1.82) is 0 Å². The molecule has 2 amide bonds. The third kappa shape index (κ3) is 5.17. The molecule has 4 heterocycles. The number of fused-ring (bicyclic) bond motifs is 2. The van der Waals surface area contributed by atoms with E-state index in [-0.39, 0.29) is 24.5 Å². The molecule has 2 saturated heterocycles. The van der Waals surface area contributed by atoms with Crippen LogP contribution in [0.3, 0.4) is 0 Å². The number of nitrogens with zero attached hydrogens (tertiary/aromatic N) is 3. The van der Waals surface area contributed by atoms with E-state index in [2.05, 4.69) is 25.5 Å². The highest BCUT2D eigenvalue weighted by molar-refractivity contribution is 5.94. The highest BCUT2D eigenvalue weighted by Crippen LogP contribution is 2.38. The Kier molecular flexibility index (Phi) is 6.72. The quantitative estimate of drug-likeness (QED) is 0.489. The number of benzene rings is 1. The predicted molar refractivity (Wildman–Crippen MR) is 132 cm³/mol. The average molecular weight is 472 g/mol. The first-order chi connectivity index (χ1) is 17.1. The summed E-state index contributed by atoms with van der Waals surface area (Å²) in [5.41, 5.74) is 2.87. The van der Waals surface area contributed by atoms with E-state index < -0.39 is 0 Å². The summed E-state index contributed by atoms with van der Waals surface area (Å²) in [6.45, 7) is 0.387. The number of nitrogens with one attached hydrogen (secondary N) is 2. The molecule has 180 valence electrons. The minimum atomic E-state index is -0.163. The SMILES string of the molecule is O=C(NCc1cccnc1)c1ccc(N2C3CCC2CC(NC(=O)c2ccc(CO)cc2)C3)nc1. The highest BCUT2D eigenvalue weighted by atomic mass is 16.3. The van der Waals surface area contributed by atoms with E-state index in [0.29, 0.717) is 29.8 Å². The van der Waals surface area contributed by atoms with Gasteiger partial charge in [0.25, 0.3) is 11.8 Å². The fraction of sp³-hybridized carbons (Fsp3) is 0.333. The summed E-state index contributed by atoms with van der Waals surface area (Å²) in [5.74, 6) is 0.641. The van der Waals surface area contributed by atoms with Gasteiger partial charge in [0, 0.05) is 48.8 Å². The van der Waals surface area contributed by atoms with E-state index in [1.165, 1.54) is 0 Å². The van der Waals surface area contributed by atoms with Crippen LogP contribution in [0.5, 0.6) is 0 Å². The number of hydrogen-bond donors (Lipinski definition) is 3. The van der Waals surface area contributed by atoms with Crippen molar-refractivity contribution in [3.63, 3.8) is 0 Å². The lowest BCUT2D eigenvalue weighted by Crippen LogP contribution is -2.50. The second-order valence-electron chi connectivity index (χ2n) is 9.24. The lowest BCUT2D eigenvalue weighted by atomic mass is 9.96. The summed E-state index contributed by atoms with van der Waals surface area (Å²) >= 11 is 0. The fourth-order valence-electron chi connectivity index (χ4n) is 5.16. The van der Waals surface area contributed by atoms with Gasteiger partial charge in [0.1, 0.15) is 5.82 Å². The Hall–Kier alpha value is -3.78. The van der Waals surface area contributed by atoms with Gasteiger partial charge < -0.3 is 20.6 Å². The van der Waals surface area contributed by atoms with Crippen molar-refractivity contribution >= 4 is 17.6 Å². The van der Waals surface area contributed by atoms with E-state index in [4.69, 9.17) is 0 Å². The molecule has 1 aromatic carbocycles. The Morgan fingerprint density at radius 2 is 1.66 bits per heavy atom. The van der Waals surface area contributed by atoms with Gasteiger partial charge in [-0.1, -0.05) is 18.2 Å². The molecule has 3 aromatic rings. The second-order valence-corrected chi connectivity index (χ2v) is 9.24. The standard InChI is InChI=1S/C27H29N5O3/c33-17-18-3-5-20(6-4-18)27(35)31-22-12-23-8-9-24(13-22)32(23)25-10-7-21(16-29-25)26(34)30-15-19-2-1-11-28-14-19/h1-7,10-11,14,16,22-24,33H,8-9,12-13,15,17H2,(H,30,34)(H,31,35). The van der Waals surface area contributed by atoms with E-state index in [9.17, 15) is 14.7 Å². The lowest BCUT2D eigenvalue weighted by molar-refractivity contribution is 0.0924.